The van der Waals surface area contributed by atoms with Crippen LogP contribution in [0.1, 0.15) is 37.9 Å². The first-order valence-corrected chi connectivity index (χ1v) is 9.85. The van der Waals surface area contributed by atoms with Gasteiger partial charge in [-0.2, -0.15) is 5.10 Å². The lowest BCUT2D eigenvalue weighted by atomic mass is 9.93. The fourth-order valence-corrected chi connectivity index (χ4v) is 4.15. The standard InChI is InChI=1S/C18H26N6OS/c1-12-8-13(2)23(20-12)10-14-9-22(6-7-25-14)17-21-24-11-15(18(3,4)5)19-16(24)26-17/h8,11,14H,6-7,9-10H2,1-5H3. The monoisotopic (exact) mass is 374 g/mol. The molecule has 26 heavy (non-hydrogen) atoms. The number of morpholine rings is 1. The quantitative estimate of drug-likeness (QED) is 0.705. The number of hydrogen-bond acceptors (Lipinski definition) is 6. The van der Waals surface area contributed by atoms with E-state index in [-0.39, 0.29) is 11.5 Å². The van der Waals surface area contributed by atoms with Crippen LogP contribution in [-0.4, -0.2) is 50.2 Å². The predicted octanol–water partition coefficient (Wildman–Crippen LogP) is 2.81. The molecule has 0 aromatic carbocycles. The molecule has 0 spiro atoms. The Morgan fingerprint density at radius 1 is 1.27 bits per heavy atom. The molecule has 1 atom stereocenters. The molecule has 1 fully saturated rings. The van der Waals surface area contributed by atoms with Crippen LogP contribution in [0.25, 0.3) is 4.96 Å². The predicted molar refractivity (Wildman–Crippen MR) is 103 cm³/mol. The topological polar surface area (TPSA) is 60.5 Å². The first kappa shape index (κ1) is 17.5. The highest BCUT2D eigenvalue weighted by molar-refractivity contribution is 7.20. The smallest absolute Gasteiger partial charge is 0.214 e. The van der Waals surface area contributed by atoms with Gasteiger partial charge in [0.05, 0.1) is 36.8 Å². The number of hydrogen-bond donors (Lipinski definition) is 0. The van der Waals surface area contributed by atoms with Crippen LogP contribution < -0.4 is 4.90 Å². The molecule has 0 amide bonds. The van der Waals surface area contributed by atoms with Gasteiger partial charge in [-0.05, 0) is 19.9 Å². The van der Waals surface area contributed by atoms with Crippen molar-refractivity contribution in [2.24, 2.45) is 0 Å². The first-order valence-electron chi connectivity index (χ1n) is 9.04. The molecule has 0 saturated carbocycles. The van der Waals surface area contributed by atoms with Crippen molar-refractivity contribution < 1.29 is 4.74 Å². The number of aromatic nitrogens is 5. The Balaban J connectivity index is 1.49. The van der Waals surface area contributed by atoms with Gasteiger partial charge in [0.15, 0.2) is 0 Å². The molecule has 1 saturated heterocycles. The zero-order valence-corrected chi connectivity index (χ0v) is 16.9. The van der Waals surface area contributed by atoms with Crippen molar-refractivity contribution in [3.8, 4) is 0 Å². The third-order valence-corrected chi connectivity index (χ3v) is 5.67. The summed E-state index contributed by atoms with van der Waals surface area (Å²) in [5, 5.41) is 10.3. The molecule has 1 unspecified atom stereocenters. The molecule has 0 radical (unpaired) electrons. The van der Waals surface area contributed by atoms with Crippen LogP contribution in [-0.2, 0) is 16.7 Å². The van der Waals surface area contributed by atoms with Gasteiger partial charge in [0.1, 0.15) is 0 Å². The lowest BCUT2D eigenvalue weighted by Crippen LogP contribution is -2.44. The van der Waals surface area contributed by atoms with Gasteiger partial charge in [0.2, 0.25) is 10.1 Å². The Kier molecular flexibility index (Phi) is 4.27. The van der Waals surface area contributed by atoms with E-state index in [0.717, 1.165) is 41.1 Å². The molecule has 1 aliphatic rings. The molecule has 3 aromatic heterocycles. The number of rotatable bonds is 3. The van der Waals surface area contributed by atoms with Gasteiger partial charge in [-0.1, -0.05) is 32.1 Å². The Labute approximate surface area is 157 Å². The van der Waals surface area contributed by atoms with Gasteiger partial charge < -0.3 is 9.64 Å². The first-order chi connectivity index (χ1) is 12.3. The molecule has 0 aliphatic carbocycles. The van der Waals surface area contributed by atoms with Crippen LogP contribution in [0.4, 0.5) is 5.13 Å². The fourth-order valence-electron chi connectivity index (χ4n) is 3.23. The molecule has 0 N–H and O–H groups in total. The van der Waals surface area contributed by atoms with Crippen molar-refractivity contribution in [2.75, 3.05) is 24.6 Å². The number of ether oxygens (including phenoxy) is 1. The summed E-state index contributed by atoms with van der Waals surface area (Å²) in [6, 6.07) is 2.10. The fraction of sp³-hybridized carbons (Fsp3) is 0.611. The van der Waals surface area contributed by atoms with E-state index in [1.54, 1.807) is 11.3 Å². The largest absolute Gasteiger partial charge is 0.373 e. The summed E-state index contributed by atoms with van der Waals surface area (Å²) in [5.74, 6) is 0. The van der Waals surface area contributed by atoms with Gasteiger partial charge in [-0.15, -0.1) is 5.10 Å². The molecule has 7 nitrogen and oxygen atoms in total. The summed E-state index contributed by atoms with van der Waals surface area (Å²) in [4.78, 5) is 8.00. The van der Waals surface area contributed by atoms with E-state index in [0.29, 0.717) is 6.61 Å². The molecule has 3 aromatic rings. The van der Waals surface area contributed by atoms with E-state index in [1.807, 2.05) is 22.3 Å². The Morgan fingerprint density at radius 3 is 2.73 bits per heavy atom. The Hall–Kier alpha value is -1.93. The van der Waals surface area contributed by atoms with Crippen molar-refractivity contribution >= 4 is 21.4 Å². The normalized spacial score (nSPS) is 18.8. The van der Waals surface area contributed by atoms with Gasteiger partial charge in [0, 0.05) is 24.2 Å². The lowest BCUT2D eigenvalue weighted by Gasteiger charge is -2.32. The minimum Gasteiger partial charge on any atom is -0.373 e. The van der Waals surface area contributed by atoms with Gasteiger partial charge in [0.25, 0.3) is 0 Å². The number of nitrogens with zero attached hydrogens (tertiary/aromatic N) is 6. The van der Waals surface area contributed by atoms with E-state index < -0.39 is 0 Å². The summed E-state index contributed by atoms with van der Waals surface area (Å²) in [6.45, 7) is 13.8. The second kappa shape index (κ2) is 6.35. The van der Waals surface area contributed by atoms with Crippen molar-refractivity contribution in [1.82, 2.24) is 24.4 Å². The molecule has 4 rings (SSSR count). The summed E-state index contributed by atoms with van der Waals surface area (Å²) in [7, 11) is 0. The maximum absolute atomic E-state index is 5.97. The molecule has 8 heteroatoms. The summed E-state index contributed by atoms with van der Waals surface area (Å²) in [6.07, 6.45) is 2.16. The van der Waals surface area contributed by atoms with E-state index in [1.165, 1.54) is 5.69 Å². The van der Waals surface area contributed by atoms with Crippen LogP contribution in [0.5, 0.6) is 0 Å². The van der Waals surface area contributed by atoms with Crippen LogP contribution in [0.3, 0.4) is 0 Å². The number of fused-ring (bicyclic) bond motifs is 1. The van der Waals surface area contributed by atoms with Crippen molar-refractivity contribution in [3.05, 3.63) is 29.3 Å². The number of anilines is 1. The van der Waals surface area contributed by atoms with Crippen LogP contribution in [0.2, 0.25) is 0 Å². The second-order valence-corrected chi connectivity index (χ2v) is 8.97. The lowest BCUT2D eigenvalue weighted by molar-refractivity contribution is 0.0269. The van der Waals surface area contributed by atoms with Crippen molar-refractivity contribution in [2.45, 2.75) is 52.7 Å². The number of aryl methyl sites for hydroxylation is 2. The summed E-state index contributed by atoms with van der Waals surface area (Å²) >= 11 is 1.65. The van der Waals surface area contributed by atoms with E-state index in [9.17, 15) is 0 Å². The molecule has 0 bridgehead atoms. The third kappa shape index (κ3) is 3.35. The Morgan fingerprint density at radius 2 is 2.08 bits per heavy atom. The maximum Gasteiger partial charge on any atom is 0.214 e. The van der Waals surface area contributed by atoms with Crippen molar-refractivity contribution in [1.29, 1.82) is 0 Å². The second-order valence-electron chi connectivity index (χ2n) is 8.04. The molecule has 1 aliphatic heterocycles. The highest BCUT2D eigenvalue weighted by Crippen LogP contribution is 2.28. The van der Waals surface area contributed by atoms with E-state index in [4.69, 9.17) is 14.8 Å². The van der Waals surface area contributed by atoms with E-state index >= 15 is 0 Å². The molecule has 140 valence electrons. The average Bonchev–Trinajstić information content (AvgIpc) is 3.20. The van der Waals surface area contributed by atoms with Gasteiger partial charge >= 0.3 is 0 Å². The highest BCUT2D eigenvalue weighted by Gasteiger charge is 2.25. The van der Waals surface area contributed by atoms with Crippen LogP contribution >= 0.6 is 11.3 Å². The van der Waals surface area contributed by atoms with Gasteiger partial charge in [-0.3, -0.25) is 4.68 Å². The summed E-state index contributed by atoms with van der Waals surface area (Å²) < 4.78 is 9.91. The summed E-state index contributed by atoms with van der Waals surface area (Å²) in [5.41, 5.74) is 3.33. The zero-order chi connectivity index (χ0) is 18.5. The van der Waals surface area contributed by atoms with Gasteiger partial charge in [-0.25, -0.2) is 9.50 Å². The molecular formula is C18H26N6OS. The highest BCUT2D eigenvalue weighted by atomic mass is 32.1. The maximum atomic E-state index is 5.97. The van der Waals surface area contributed by atoms with Crippen LogP contribution in [0.15, 0.2) is 12.3 Å². The zero-order valence-electron chi connectivity index (χ0n) is 16.1. The SMILES string of the molecule is Cc1cc(C)n(CC2CN(c3nn4cc(C(C)(C)C)nc4s3)CCO2)n1. The molecular weight excluding hydrogens is 348 g/mol. The average molecular weight is 375 g/mol. The minimum absolute atomic E-state index is 0.0391. The van der Waals surface area contributed by atoms with E-state index in [2.05, 4.69) is 43.8 Å². The molecule has 4 heterocycles. The van der Waals surface area contributed by atoms with Crippen molar-refractivity contribution in [3.63, 3.8) is 0 Å². The Bertz CT molecular complexity index is 887. The van der Waals surface area contributed by atoms with Crippen LogP contribution in [0, 0.1) is 13.8 Å². The minimum atomic E-state index is 0.0391. The number of imidazole rings is 1. The third-order valence-electron chi connectivity index (χ3n) is 4.69.